The molecule has 2 heterocycles. The summed E-state index contributed by atoms with van der Waals surface area (Å²) in [4.78, 5) is 17.6. The summed E-state index contributed by atoms with van der Waals surface area (Å²) in [5.41, 5.74) is 4.02. The van der Waals surface area contributed by atoms with E-state index in [9.17, 15) is 4.79 Å². The number of para-hydroxylation sites is 1. The van der Waals surface area contributed by atoms with Crippen LogP contribution in [0.15, 0.2) is 60.0 Å². The van der Waals surface area contributed by atoms with Gasteiger partial charge in [-0.3, -0.25) is 4.79 Å². The molecule has 0 aliphatic carbocycles. The maximum Gasteiger partial charge on any atom is 0.265 e. The van der Waals surface area contributed by atoms with Gasteiger partial charge in [-0.2, -0.15) is 0 Å². The third-order valence-corrected chi connectivity index (χ3v) is 5.69. The van der Waals surface area contributed by atoms with Crippen LogP contribution in [-0.2, 0) is 0 Å². The van der Waals surface area contributed by atoms with E-state index >= 15 is 0 Å². The molecule has 4 rings (SSSR count). The predicted octanol–water partition coefficient (Wildman–Crippen LogP) is 5.59. The first kappa shape index (κ1) is 15.1. The van der Waals surface area contributed by atoms with Crippen molar-refractivity contribution >= 4 is 44.5 Å². The second kappa shape index (κ2) is 6.19. The lowest BCUT2D eigenvalue weighted by atomic mass is 10.1. The van der Waals surface area contributed by atoms with E-state index in [1.54, 1.807) is 11.3 Å². The Morgan fingerprint density at radius 2 is 1.96 bits per heavy atom. The molecule has 0 unspecified atom stereocenters. The van der Waals surface area contributed by atoms with Crippen molar-refractivity contribution in [3.05, 3.63) is 70.4 Å². The smallest absolute Gasteiger partial charge is 0.265 e. The van der Waals surface area contributed by atoms with Gasteiger partial charge >= 0.3 is 0 Å². The van der Waals surface area contributed by atoms with Gasteiger partial charge < -0.3 is 5.32 Å². The predicted molar refractivity (Wildman–Crippen MR) is 102 cm³/mol. The minimum Gasteiger partial charge on any atom is -0.321 e. The number of nitrogens with one attached hydrogen (secondary N) is 1. The molecule has 0 spiro atoms. The van der Waals surface area contributed by atoms with E-state index in [4.69, 9.17) is 4.98 Å². The van der Waals surface area contributed by atoms with Gasteiger partial charge in [0.05, 0.1) is 15.1 Å². The average molecular weight is 350 g/mol. The first-order chi connectivity index (χ1) is 11.7. The van der Waals surface area contributed by atoms with Gasteiger partial charge in [0, 0.05) is 11.3 Å². The minimum atomic E-state index is -0.0721. The number of carbonyl (C=O) groups excluding carboxylic acids is 1. The molecule has 1 amide bonds. The standard InChI is InChI=1S/C19H14N2OS2/c1-12-11-13(20-18(22)17-7-4-10-23-17)8-9-14(12)19-21-15-5-2-3-6-16(15)24-19/h2-11H,1H3,(H,20,22). The highest BCUT2D eigenvalue weighted by molar-refractivity contribution is 7.21. The normalized spacial score (nSPS) is 10.9. The molecule has 0 fully saturated rings. The quantitative estimate of drug-likeness (QED) is 0.523. The Balaban J connectivity index is 1.63. The molecule has 4 aromatic rings. The van der Waals surface area contributed by atoms with Crippen LogP contribution in [0.5, 0.6) is 0 Å². The lowest BCUT2D eigenvalue weighted by molar-refractivity contribution is 0.103. The highest BCUT2D eigenvalue weighted by Crippen LogP contribution is 2.33. The van der Waals surface area contributed by atoms with Crippen LogP contribution in [0.3, 0.4) is 0 Å². The minimum absolute atomic E-state index is 0.0721. The van der Waals surface area contributed by atoms with E-state index in [0.717, 1.165) is 27.3 Å². The Labute approximate surface area is 147 Å². The Kier molecular flexibility index (Phi) is 3.88. The van der Waals surface area contributed by atoms with Gasteiger partial charge in [-0.1, -0.05) is 18.2 Å². The largest absolute Gasteiger partial charge is 0.321 e. The third kappa shape index (κ3) is 2.84. The fourth-order valence-corrected chi connectivity index (χ4v) is 4.24. The number of rotatable bonds is 3. The summed E-state index contributed by atoms with van der Waals surface area (Å²) in [5, 5.41) is 5.85. The van der Waals surface area contributed by atoms with Crippen LogP contribution in [0.4, 0.5) is 5.69 Å². The monoisotopic (exact) mass is 350 g/mol. The van der Waals surface area contributed by atoms with E-state index in [2.05, 4.69) is 11.4 Å². The number of hydrogen-bond acceptors (Lipinski definition) is 4. The van der Waals surface area contributed by atoms with Crippen LogP contribution in [0, 0.1) is 6.92 Å². The second-order valence-corrected chi connectivity index (χ2v) is 7.43. The number of aromatic nitrogens is 1. The Hall–Kier alpha value is -2.50. The van der Waals surface area contributed by atoms with Gasteiger partial charge in [0.15, 0.2) is 0 Å². The lowest BCUT2D eigenvalue weighted by Crippen LogP contribution is -2.10. The zero-order valence-electron chi connectivity index (χ0n) is 12.9. The third-order valence-electron chi connectivity index (χ3n) is 3.75. The van der Waals surface area contributed by atoms with Crippen LogP contribution in [0.2, 0.25) is 0 Å². The molecule has 3 nitrogen and oxygen atoms in total. The van der Waals surface area contributed by atoms with Crippen LogP contribution in [-0.4, -0.2) is 10.9 Å². The van der Waals surface area contributed by atoms with Crippen molar-refractivity contribution in [1.82, 2.24) is 4.98 Å². The molecule has 0 aliphatic heterocycles. The summed E-state index contributed by atoms with van der Waals surface area (Å²) in [6.45, 7) is 2.04. The highest BCUT2D eigenvalue weighted by atomic mass is 32.1. The van der Waals surface area contributed by atoms with Gasteiger partial charge in [-0.05, 0) is 54.3 Å². The van der Waals surface area contributed by atoms with Crippen molar-refractivity contribution < 1.29 is 4.79 Å². The number of nitrogens with zero attached hydrogens (tertiary/aromatic N) is 1. The molecule has 0 aliphatic rings. The van der Waals surface area contributed by atoms with Crippen LogP contribution >= 0.6 is 22.7 Å². The molecule has 0 atom stereocenters. The number of thiazole rings is 1. The molecule has 0 saturated heterocycles. The van der Waals surface area contributed by atoms with E-state index in [1.807, 2.05) is 60.8 Å². The van der Waals surface area contributed by atoms with E-state index in [-0.39, 0.29) is 5.91 Å². The molecule has 5 heteroatoms. The maximum absolute atomic E-state index is 12.1. The molecule has 0 bridgehead atoms. The summed E-state index contributed by atoms with van der Waals surface area (Å²) < 4.78 is 1.18. The summed E-state index contributed by atoms with van der Waals surface area (Å²) in [6.07, 6.45) is 0. The molecule has 0 saturated carbocycles. The van der Waals surface area contributed by atoms with Gasteiger partial charge in [0.2, 0.25) is 0 Å². The van der Waals surface area contributed by atoms with Crippen molar-refractivity contribution in [3.63, 3.8) is 0 Å². The number of anilines is 1. The van der Waals surface area contributed by atoms with Crippen LogP contribution in [0.25, 0.3) is 20.8 Å². The summed E-state index contributed by atoms with van der Waals surface area (Å²) in [6, 6.07) is 17.8. The average Bonchev–Trinajstić information content (AvgIpc) is 3.24. The van der Waals surface area contributed by atoms with E-state index in [1.165, 1.54) is 16.0 Å². The molecule has 1 N–H and O–H groups in total. The lowest BCUT2D eigenvalue weighted by Gasteiger charge is -2.07. The number of amides is 1. The van der Waals surface area contributed by atoms with Gasteiger partial charge in [0.25, 0.3) is 5.91 Å². The number of aryl methyl sites for hydroxylation is 1. The molecular formula is C19H14N2OS2. The zero-order chi connectivity index (χ0) is 16.5. The van der Waals surface area contributed by atoms with E-state index < -0.39 is 0 Å². The van der Waals surface area contributed by atoms with Crippen molar-refractivity contribution in [2.75, 3.05) is 5.32 Å². The molecule has 24 heavy (non-hydrogen) atoms. The summed E-state index contributed by atoms with van der Waals surface area (Å²) >= 11 is 3.12. The van der Waals surface area contributed by atoms with Crippen molar-refractivity contribution in [3.8, 4) is 10.6 Å². The Bertz CT molecular complexity index is 986. The zero-order valence-corrected chi connectivity index (χ0v) is 14.6. The molecular weight excluding hydrogens is 336 g/mol. The summed E-state index contributed by atoms with van der Waals surface area (Å²) in [5.74, 6) is -0.0721. The van der Waals surface area contributed by atoms with Crippen molar-refractivity contribution in [1.29, 1.82) is 0 Å². The Morgan fingerprint density at radius 1 is 1.08 bits per heavy atom. The summed E-state index contributed by atoms with van der Waals surface area (Å²) in [7, 11) is 0. The van der Waals surface area contributed by atoms with Gasteiger partial charge in [-0.15, -0.1) is 22.7 Å². The maximum atomic E-state index is 12.1. The number of benzene rings is 2. The number of fused-ring (bicyclic) bond motifs is 1. The topological polar surface area (TPSA) is 42.0 Å². The van der Waals surface area contributed by atoms with Crippen LogP contribution in [0.1, 0.15) is 15.2 Å². The first-order valence-electron chi connectivity index (χ1n) is 7.52. The van der Waals surface area contributed by atoms with Crippen molar-refractivity contribution in [2.24, 2.45) is 0 Å². The fraction of sp³-hybridized carbons (Fsp3) is 0.0526. The number of carbonyl (C=O) groups is 1. The van der Waals surface area contributed by atoms with Crippen LogP contribution < -0.4 is 5.32 Å². The molecule has 118 valence electrons. The number of thiophene rings is 1. The molecule has 2 aromatic heterocycles. The van der Waals surface area contributed by atoms with Crippen molar-refractivity contribution in [2.45, 2.75) is 6.92 Å². The van der Waals surface area contributed by atoms with Gasteiger partial charge in [0.1, 0.15) is 5.01 Å². The van der Waals surface area contributed by atoms with E-state index in [0.29, 0.717) is 4.88 Å². The second-order valence-electron chi connectivity index (χ2n) is 5.45. The highest BCUT2D eigenvalue weighted by Gasteiger charge is 2.11. The fourth-order valence-electron chi connectivity index (χ4n) is 2.57. The first-order valence-corrected chi connectivity index (χ1v) is 9.22. The molecule has 0 radical (unpaired) electrons. The Morgan fingerprint density at radius 3 is 2.71 bits per heavy atom. The molecule has 2 aromatic carbocycles. The van der Waals surface area contributed by atoms with Gasteiger partial charge in [-0.25, -0.2) is 4.98 Å². The number of hydrogen-bond donors (Lipinski definition) is 1. The SMILES string of the molecule is Cc1cc(NC(=O)c2cccs2)ccc1-c1nc2ccccc2s1.